The summed E-state index contributed by atoms with van der Waals surface area (Å²) in [5, 5.41) is 4.05. The summed E-state index contributed by atoms with van der Waals surface area (Å²) in [5.74, 6) is -0.130. The molecule has 118 valence electrons. The Kier molecular flexibility index (Phi) is 3.51. The fourth-order valence-electron chi connectivity index (χ4n) is 2.19. The highest BCUT2D eigenvalue weighted by Crippen LogP contribution is 2.33. The molecule has 0 aliphatic carbocycles. The molecule has 0 unspecified atom stereocenters. The van der Waals surface area contributed by atoms with E-state index in [4.69, 9.17) is 5.73 Å². The summed E-state index contributed by atoms with van der Waals surface area (Å²) in [4.78, 5) is 7.71. The van der Waals surface area contributed by atoms with Gasteiger partial charge in [-0.1, -0.05) is 30.3 Å². The Morgan fingerprint density at radius 3 is 2.35 bits per heavy atom. The molecule has 2 aromatic heterocycles. The number of halogens is 3. The fourth-order valence-corrected chi connectivity index (χ4v) is 2.19. The van der Waals surface area contributed by atoms with Crippen LogP contribution in [0.1, 0.15) is 11.4 Å². The van der Waals surface area contributed by atoms with E-state index in [1.165, 1.54) is 6.07 Å². The molecule has 2 N–H and O–H groups in total. The van der Waals surface area contributed by atoms with Gasteiger partial charge in [-0.05, 0) is 13.0 Å². The molecular formula is C15H12F3N5. The number of hydrogen-bond acceptors (Lipinski definition) is 4. The maximum Gasteiger partial charge on any atom is 0.433 e. The van der Waals surface area contributed by atoms with Gasteiger partial charge in [-0.3, -0.25) is 0 Å². The second-order valence-corrected chi connectivity index (χ2v) is 4.92. The minimum absolute atomic E-state index is 0.0236. The van der Waals surface area contributed by atoms with Crippen molar-refractivity contribution in [1.29, 1.82) is 0 Å². The lowest BCUT2D eigenvalue weighted by atomic mass is 10.1. The summed E-state index contributed by atoms with van der Waals surface area (Å²) >= 11 is 0. The van der Waals surface area contributed by atoms with Gasteiger partial charge in [-0.25, -0.2) is 9.67 Å². The normalized spacial score (nSPS) is 11.7. The van der Waals surface area contributed by atoms with Gasteiger partial charge >= 0.3 is 6.18 Å². The highest BCUT2D eigenvalue weighted by Gasteiger charge is 2.37. The van der Waals surface area contributed by atoms with Crippen molar-refractivity contribution in [2.75, 3.05) is 5.73 Å². The van der Waals surface area contributed by atoms with E-state index in [0.29, 0.717) is 11.3 Å². The van der Waals surface area contributed by atoms with Crippen LogP contribution in [-0.4, -0.2) is 19.7 Å². The van der Waals surface area contributed by atoms with Gasteiger partial charge in [0.1, 0.15) is 0 Å². The Morgan fingerprint density at radius 1 is 1.04 bits per heavy atom. The number of anilines is 1. The van der Waals surface area contributed by atoms with Crippen LogP contribution < -0.4 is 5.73 Å². The second kappa shape index (κ2) is 5.38. The van der Waals surface area contributed by atoms with Crippen molar-refractivity contribution in [3.8, 4) is 17.1 Å². The third-order valence-corrected chi connectivity index (χ3v) is 3.14. The highest BCUT2D eigenvalue weighted by molar-refractivity contribution is 5.60. The quantitative estimate of drug-likeness (QED) is 0.787. The van der Waals surface area contributed by atoms with Crippen LogP contribution in [-0.2, 0) is 6.18 Å². The smallest absolute Gasteiger partial charge is 0.368 e. The lowest BCUT2D eigenvalue weighted by molar-refractivity contribution is -0.142. The molecule has 0 atom stereocenters. The number of nitrogen functional groups attached to an aromatic ring is 1. The molecule has 0 aliphatic rings. The van der Waals surface area contributed by atoms with Crippen molar-refractivity contribution in [1.82, 2.24) is 19.7 Å². The zero-order valence-corrected chi connectivity index (χ0v) is 12.0. The predicted molar refractivity (Wildman–Crippen MR) is 78.7 cm³/mol. The molecule has 0 saturated carbocycles. The summed E-state index contributed by atoms with van der Waals surface area (Å²) in [6.45, 7) is 1.62. The van der Waals surface area contributed by atoms with Crippen molar-refractivity contribution < 1.29 is 13.2 Å². The van der Waals surface area contributed by atoms with E-state index in [1.54, 1.807) is 37.3 Å². The molecule has 3 rings (SSSR count). The third kappa shape index (κ3) is 3.01. The first-order chi connectivity index (χ1) is 10.8. The first-order valence-corrected chi connectivity index (χ1v) is 6.69. The van der Waals surface area contributed by atoms with Crippen molar-refractivity contribution >= 4 is 5.95 Å². The third-order valence-electron chi connectivity index (χ3n) is 3.14. The number of alkyl halides is 3. The molecule has 8 heteroatoms. The minimum Gasteiger partial charge on any atom is -0.368 e. The van der Waals surface area contributed by atoms with Gasteiger partial charge in [-0.15, -0.1) is 0 Å². The van der Waals surface area contributed by atoms with Crippen LogP contribution in [0.25, 0.3) is 17.1 Å². The van der Waals surface area contributed by atoms with Crippen molar-refractivity contribution in [2.45, 2.75) is 13.1 Å². The van der Waals surface area contributed by atoms with Crippen LogP contribution in [0.3, 0.4) is 0 Å². The Labute approximate surface area is 129 Å². The van der Waals surface area contributed by atoms with E-state index in [2.05, 4.69) is 15.1 Å². The molecule has 0 aliphatic heterocycles. The average molecular weight is 319 g/mol. The standard InChI is InChI=1S/C15H12F3N5/c1-9-7-13(21-14(19)20-9)23-12(15(16,17)18)8-11(22-23)10-5-3-2-4-6-10/h2-8H,1H3,(H2,19,20,21). The molecule has 0 fully saturated rings. The molecule has 5 nitrogen and oxygen atoms in total. The van der Waals surface area contributed by atoms with Crippen LogP contribution in [0.2, 0.25) is 0 Å². The molecule has 23 heavy (non-hydrogen) atoms. The average Bonchev–Trinajstić information content (AvgIpc) is 2.92. The van der Waals surface area contributed by atoms with Gasteiger partial charge in [0.05, 0.1) is 5.69 Å². The zero-order valence-electron chi connectivity index (χ0n) is 12.0. The zero-order chi connectivity index (χ0) is 16.6. The highest BCUT2D eigenvalue weighted by atomic mass is 19.4. The first-order valence-electron chi connectivity index (χ1n) is 6.69. The van der Waals surface area contributed by atoms with E-state index in [-0.39, 0.29) is 17.5 Å². The summed E-state index contributed by atoms with van der Waals surface area (Å²) in [6, 6.07) is 11.0. The van der Waals surface area contributed by atoms with Gasteiger partial charge in [-0.2, -0.15) is 23.3 Å². The van der Waals surface area contributed by atoms with Gasteiger partial charge < -0.3 is 5.73 Å². The Bertz CT molecular complexity index is 820. The summed E-state index contributed by atoms with van der Waals surface area (Å²) in [6.07, 6.45) is -4.58. The largest absolute Gasteiger partial charge is 0.433 e. The number of rotatable bonds is 2. The van der Waals surface area contributed by atoms with Crippen LogP contribution in [0, 0.1) is 6.92 Å². The van der Waals surface area contributed by atoms with Gasteiger partial charge in [0.15, 0.2) is 11.5 Å². The maximum atomic E-state index is 13.3. The number of aryl methyl sites for hydroxylation is 1. The molecule has 2 heterocycles. The topological polar surface area (TPSA) is 69.6 Å². The molecule has 0 spiro atoms. The molecule has 0 saturated heterocycles. The van der Waals surface area contributed by atoms with Crippen molar-refractivity contribution in [3.05, 3.63) is 53.9 Å². The molecule has 0 radical (unpaired) electrons. The molecule has 0 bridgehead atoms. The second-order valence-electron chi connectivity index (χ2n) is 4.92. The van der Waals surface area contributed by atoms with Crippen molar-refractivity contribution in [3.63, 3.8) is 0 Å². The van der Waals surface area contributed by atoms with Gasteiger partial charge in [0.25, 0.3) is 0 Å². The molecule has 0 amide bonds. The van der Waals surface area contributed by atoms with E-state index >= 15 is 0 Å². The SMILES string of the molecule is Cc1cc(-n2nc(-c3ccccc3)cc2C(F)(F)F)nc(N)n1. The fraction of sp³-hybridized carbons (Fsp3) is 0.133. The first kappa shape index (κ1) is 15.0. The molecular weight excluding hydrogens is 307 g/mol. The van der Waals surface area contributed by atoms with Crippen LogP contribution in [0.15, 0.2) is 42.5 Å². The maximum absolute atomic E-state index is 13.3. The monoisotopic (exact) mass is 319 g/mol. The summed E-state index contributed by atoms with van der Waals surface area (Å²) < 4.78 is 40.7. The van der Waals surface area contributed by atoms with E-state index in [0.717, 1.165) is 10.7 Å². The van der Waals surface area contributed by atoms with Gasteiger partial charge in [0.2, 0.25) is 5.95 Å². The Hall–Kier alpha value is -2.90. The number of hydrogen-bond donors (Lipinski definition) is 1. The number of nitrogens with zero attached hydrogens (tertiary/aromatic N) is 4. The van der Waals surface area contributed by atoms with Crippen LogP contribution in [0.4, 0.5) is 19.1 Å². The number of aromatic nitrogens is 4. The summed E-state index contributed by atoms with van der Waals surface area (Å²) in [7, 11) is 0. The lowest BCUT2D eigenvalue weighted by Crippen LogP contribution is -2.15. The minimum atomic E-state index is -4.58. The van der Waals surface area contributed by atoms with Crippen LogP contribution in [0.5, 0.6) is 0 Å². The van der Waals surface area contributed by atoms with E-state index in [1.807, 2.05) is 0 Å². The Morgan fingerprint density at radius 2 is 1.74 bits per heavy atom. The van der Waals surface area contributed by atoms with Crippen LogP contribution >= 0.6 is 0 Å². The number of benzene rings is 1. The summed E-state index contributed by atoms with van der Waals surface area (Å²) in [5.41, 5.74) is 5.84. The molecule has 3 aromatic rings. The van der Waals surface area contributed by atoms with Gasteiger partial charge in [0, 0.05) is 17.3 Å². The Balaban J connectivity index is 2.21. The number of nitrogens with two attached hydrogens (primary N) is 1. The lowest BCUT2D eigenvalue weighted by Gasteiger charge is -2.10. The molecule has 1 aromatic carbocycles. The van der Waals surface area contributed by atoms with E-state index < -0.39 is 11.9 Å². The van der Waals surface area contributed by atoms with E-state index in [9.17, 15) is 13.2 Å². The van der Waals surface area contributed by atoms with Crippen molar-refractivity contribution in [2.24, 2.45) is 0 Å². The predicted octanol–water partition coefficient (Wildman–Crippen LogP) is 3.24.